The average molecular weight is 495 g/mol. The molecule has 11 heteroatoms. The summed E-state index contributed by atoms with van der Waals surface area (Å²) in [6.45, 7) is 1.52. The van der Waals surface area contributed by atoms with Gasteiger partial charge in [0.1, 0.15) is 11.5 Å². The molecular formula is C24H22N4O6S. The van der Waals surface area contributed by atoms with Gasteiger partial charge in [0.05, 0.1) is 25.0 Å². The second-order valence-corrected chi connectivity index (χ2v) is 8.15. The molecule has 0 spiro atoms. The number of ether oxygens (including phenoxy) is 3. The van der Waals surface area contributed by atoms with E-state index in [2.05, 4.69) is 15.3 Å². The van der Waals surface area contributed by atoms with Crippen molar-refractivity contribution in [3.63, 3.8) is 0 Å². The molecule has 10 nitrogen and oxygen atoms in total. The third kappa shape index (κ3) is 5.69. The van der Waals surface area contributed by atoms with Gasteiger partial charge in [-0.25, -0.2) is 9.59 Å². The standard InChI is InChI=1S/C24H22N4O6S/c1-3-33-23(31)19(12-15-4-8-18(9-5-15)34-13-21(29)30)20-14-35-24-26-25-22(28(24)27-20)16-6-10-17(32-2)11-7-16/h4-12H,3,13-14H2,1-2H3,(H,29,30)/b19-12-. The number of nitrogens with zero attached hydrogens (tertiary/aromatic N) is 4. The number of thioether (sulfide) groups is 1. The average Bonchev–Trinajstić information content (AvgIpc) is 3.30. The Morgan fingerprint density at radius 3 is 2.46 bits per heavy atom. The van der Waals surface area contributed by atoms with Crippen LogP contribution in [0.5, 0.6) is 11.5 Å². The molecule has 2 heterocycles. The summed E-state index contributed by atoms with van der Waals surface area (Å²) in [5.41, 5.74) is 2.32. The summed E-state index contributed by atoms with van der Waals surface area (Å²) in [5, 5.41) is 22.6. The van der Waals surface area contributed by atoms with Crippen LogP contribution in [-0.2, 0) is 14.3 Å². The van der Waals surface area contributed by atoms with Crippen molar-refractivity contribution >= 4 is 35.5 Å². The molecule has 1 N–H and O–H groups in total. The predicted octanol–water partition coefficient (Wildman–Crippen LogP) is 3.37. The lowest BCUT2D eigenvalue weighted by Crippen LogP contribution is -2.21. The summed E-state index contributed by atoms with van der Waals surface area (Å²) in [4.78, 5) is 23.5. The van der Waals surface area contributed by atoms with E-state index < -0.39 is 18.5 Å². The van der Waals surface area contributed by atoms with Gasteiger partial charge in [-0.1, -0.05) is 23.9 Å². The third-order valence-electron chi connectivity index (χ3n) is 4.88. The summed E-state index contributed by atoms with van der Waals surface area (Å²) >= 11 is 1.42. The number of carbonyl (C=O) groups is 2. The fourth-order valence-electron chi connectivity index (χ4n) is 3.22. The van der Waals surface area contributed by atoms with Gasteiger partial charge in [-0.3, -0.25) is 0 Å². The van der Waals surface area contributed by atoms with Gasteiger partial charge in [-0.05, 0) is 55.0 Å². The zero-order valence-electron chi connectivity index (χ0n) is 19.0. The minimum Gasteiger partial charge on any atom is -0.497 e. The van der Waals surface area contributed by atoms with Crippen LogP contribution in [0.25, 0.3) is 17.5 Å². The van der Waals surface area contributed by atoms with Crippen molar-refractivity contribution in [3.8, 4) is 22.9 Å². The molecule has 4 rings (SSSR count). The Labute approximate surface area is 205 Å². The Hall–Kier alpha value is -4.12. The maximum Gasteiger partial charge on any atom is 0.341 e. The Kier molecular flexibility index (Phi) is 7.46. The lowest BCUT2D eigenvalue weighted by molar-refractivity contribution is -0.139. The first-order chi connectivity index (χ1) is 17.0. The van der Waals surface area contributed by atoms with E-state index in [0.717, 1.165) is 11.3 Å². The fourth-order valence-corrected chi connectivity index (χ4v) is 4.05. The van der Waals surface area contributed by atoms with Crippen molar-refractivity contribution in [1.29, 1.82) is 0 Å². The minimum absolute atomic E-state index is 0.216. The van der Waals surface area contributed by atoms with Gasteiger partial charge in [0.15, 0.2) is 12.4 Å². The molecule has 0 bridgehead atoms. The summed E-state index contributed by atoms with van der Waals surface area (Å²) < 4.78 is 17.3. The highest BCUT2D eigenvalue weighted by molar-refractivity contribution is 7.99. The smallest absolute Gasteiger partial charge is 0.341 e. The molecule has 0 amide bonds. The number of aromatic nitrogens is 3. The molecule has 35 heavy (non-hydrogen) atoms. The van der Waals surface area contributed by atoms with E-state index in [9.17, 15) is 9.59 Å². The van der Waals surface area contributed by atoms with E-state index in [0.29, 0.717) is 39.3 Å². The van der Waals surface area contributed by atoms with Crippen LogP contribution in [0.3, 0.4) is 0 Å². The number of esters is 1. The second kappa shape index (κ2) is 10.9. The highest BCUT2D eigenvalue weighted by Crippen LogP contribution is 2.30. The van der Waals surface area contributed by atoms with E-state index in [1.165, 1.54) is 11.8 Å². The molecule has 1 aliphatic heterocycles. The molecule has 1 aromatic heterocycles. The maximum atomic E-state index is 12.8. The summed E-state index contributed by atoms with van der Waals surface area (Å²) in [7, 11) is 1.60. The zero-order chi connectivity index (χ0) is 24.8. The number of carbonyl (C=O) groups excluding carboxylic acids is 1. The first kappa shape index (κ1) is 24.0. The number of benzene rings is 2. The van der Waals surface area contributed by atoms with E-state index in [-0.39, 0.29) is 6.61 Å². The monoisotopic (exact) mass is 494 g/mol. The van der Waals surface area contributed by atoms with Crippen LogP contribution < -0.4 is 9.47 Å². The van der Waals surface area contributed by atoms with E-state index in [1.54, 1.807) is 49.1 Å². The topological polar surface area (TPSA) is 125 Å². The number of hydrogen-bond donors (Lipinski definition) is 1. The van der Waals surface area contributed by atoms with E-state index in [4.69, 9.17) is 19.3 Å². The van der Waals surface area contributed by atoms with Crippen LogP contribution in [0.2, 0.25) is 0 Å². The second-order valence-electron chi connectivity index (χ2n) is 7.21. The molecule has 3 aromatic rings. The Balaban J connectivity index is 1.67. The van der Waals surface area contributed by atoms with Crippen LogP contribution in [-0.4, -0.2) is 63.7 Å². The molecule has 180 valence electrons. The van der Waals surface area contributed by atoms with Crippen molar-refractivity contribution in [2.75, 3.05) is 26.1 Å². The summed E-state index contributed by atoms with van der Waals surface area (Å²) in [6, 6.07) is 14.1. The molecule has 0 saturated carbocycles. The molecule has 0 aliphatic carbocycles. The predicted molar refractivity (Wildman–Crippen MR) is 130 cm³/mol. The molecule has 2 aromatic carbocycles. The lowest BCUT2D eigenvalue weighted by Gasteiger charge is -2.16. The summed E-state index contributed by atoms with van der Waals surface area (Å²) in [6.07, 6.45) is 1.68. The van der Waals surface area contributed by atoms with Gasteiger partial charge < -0.3 is 19.3 Å². The molecule has 0 atom stereocenters. The van der Waals surface area contributed by atoms with Gasteiger partial charge in [0, 0.05) is 11.3 Å². The molecular weight excluding hydrogens is 472 g/mol. The van der Waals surface area contributed by atoms with Crippen LogP contribution in [0.15, 0.2) is 64.4 Å². The Morgan fingerprint density at radius 1 is 1.09 bits per heavy atom. The number of fused-ring (bicyclic) bond motifs is 1. The van der Waals surface area contributed by atoms with Crippen molar-refractivity contribution in [2.45, 2.75) is 12.1 Å². The number of carboxylic acid groups (broad SMARTS) is 1. The number of rotatable bonds is 9. The van der Waals surface area contributed by atoms with Crippen molar-refractivity contribution in [1.82, 2.24) is 14.9 Å². The maximum absolute atomic E-state index is 12.8. The highest BCUT2D eigenvalue weighted by atomic mass is 32.2. The Morgan fingerprint density at radius 2 is 1.80 bits per heavy atom. The van der Waals surface area contributed by atoms with E-state index in [1.807, 2.05) is 24.3 Å². The van der Waals surface area contributed by atoms with Gasteiger partial charge in [0.25, 0.3) is 0 Å². The summed E-state index contributed by atoms with van der Waals surface area (Å²) in [5.74, 6) is 0.513. The number of hydrogen-bond acceptors (Lipinski definition) is 9. The van der Waals surface area contributed by atoms with Crippen molar-refractivity contribution < 1.29 is 28.9 Å². The minimum atomic E-state index is -1.06. The Bertz CT molecular complexity index is 1280. The first-order valence-electron chi connectivity index (χ1n) is 10.6. The van der Waals surface area contributed by atoms with Gasteiger partial charge in [-0.15, -0.1) is 10.2 Å². The lowest BCUT2D eigenvalue weighted by atomic mass is 10.1. The van der Waals surface area contributed by atoms with Crippen molar-refractivity contribution in [3.05, 3.63) is 59.7 Å². The fraction of sp³-hybridized carbons (Fsp3) is 0.208. The molecule has 0 radical (unpaired) electrons. The highest BCUT2D eigenvalue weighted by Gasteiger charge is 2.25. The van der Waals surface area contributed by atoms with Gasteiger partial charge in [0.2, 0.25) is 5.16 Å². The quantitative estimate of drug-likeness (QED) is 0.352. The van der Waals surface area contributed by atoms with Crippen LogP contribution >= 0.6 is 11.8 Å². The largest absolute Gasteiger partial charge is 0.497 e. The normalized spacial score (nSPS) is 13.0. The molecule has 0 unspecified atom stereocenters. The number of carboxylic acids is 1. The van der Waals surface area contributed by atoms with Gasteiger partial charge in [-0.2, -0.15) is 9.78 Å². The SMILES string of the molecule is CCOC(=O)/C(=C\c1ccc(OCC(=O)O)cc1)C1=Nn2c(nnc2-c2ccc(OC)cc2)SC1. The van der Waals surface area contributed by atoms with Crippen molar-refractivity contribution in [2.24, 2.45) is 5.10 Å². The third-order valence-corrected chi connectivity index (χ3v) is 5.81. The molecule has 0 saturated heterocycles. The van der Waals surface area contributed by atoms with Crippen LogP contribution in [0, 0.1) is 0 Å². The van der Waals surface area contributed by atoms with Crippen LogP contribution in [0.4, 0.5) is 0 Å². The zero-order valence-corrected chi connectivity index (χ0v) is 19.8. The molecule has 0 fully saturated rings. The number of methoxy groups -OCH3 is 1. The van der Waals surface area contributed by atoms with Crippen LogP contribution in [0.1, 0.15) is 12.5 Å². The first-order valence-corrected chi connectivity index (χ1v) is 11.6. The molecule has 1 aliphatic rings. The van der Waals surface area contributed by atoms with Gasteiger partial charge >= 0.3 is 11.9 Å². The number of aliphatic carboxylic acids is 1. The van der Waals surface area contributed by atoms with E-state index >= 15 is 0 Å².